The summed E-state index contributed by atoms with van der Waals surface area (Å²) >= 11 is 0. The zero-order valence-electron chi connectivity index (χ0n) is 29.6. The van der Waals surface area contributed by atoms with Crippen LogP contribution < -0.4 is 19.5 Å². The van der Waals surface area contributed by atoms with Crippen LogP contribution in [0.15, 0.2) is 42.5 Å². The minimum Gasteiger partial charge on any atom is -0.493 e. The fourth-order valence-corrected chi connectivity index (χ4v) is 5.60. The van der Waals surface area contributed by atoms with Crippen LogP contribution in [-0.2, 0) is 44.6 Å². The third-order valence-corrected chi connectivity index (χ3v) is 8.62. The highest BCUT2D eigenvalue weighted by molar-refractivity contribution is 6.38. The highest BCUT2D eigenvalue weighted by Gasteiger charge is 2.42. The zero-order chi connectivity index (χ0) is 37.0. The summed E-state index contributed by atoms with van der Waals surface area (Å²) in [5, 5.41) is 2.54. The van der Waals surface area contributed by atoms with Crippen molar-refractivity contribution in [3.8, 4) is 29.6 Å². The van der Waals surface area contributed by atoms with E-state index in [1.54, 1.807) is 44.6 Å². The Morgan fingerprint density at radius 1 is 1.06 bits per heavy atom. The van der Waals surface area contributed by atoms with E-state index in [1.165, 1.54) is 18.7 Å². The van der Waals surface area contributed by atoms with Gasteiger partial charge in [0.05, 0.1) is 45.3 Å². The Hall–Kier alpha value is -5.09. The number of carbonyl (C=O) groups is 5. The zero-order valence-corrected chi connectivity index (χ0v) is 29.6. The number of aryl methyl sites for hydroxylation is 1. The summed E-state index contributed by atoms with van der Waals surface area (Å²) in [6, 6.07) is 11.4. The molecule has 2 aliphatic rings. The molecule has 274 valence electrons. The summed E-state index contributed by atoms with van der Waals surface area (Å²) in [5.74, 6) is 0.696. The van der Waals surface area contributed by atoms with Gasteiger partial charge in [-0.3, -0.25) is 19.2 Å². The lowest BCUT2D eigenvalue weighted by Gasteiger charge is -2.36. The molecular weight excluding hydrogens is 660 g/mol. The van der Waals surface area contributed by atoms with Gasteiger partial charge in [-0.1, -0.05) is 24.1 Å². The molecule has 2 saturated heterocycles. The van der Waals surface area contributed by atoms with Crippen molar-refractivity contribution in [2.24, 2.45) is 5.41 Å². The van der Waals surface area contributed by atoms with Crippen LogP contribution in [0.5, 0.6) is 17.2 Å². The maximum atomic E-state index is 13.9. The molecule has 2 amide bonds. The summed E-state index contributed by atoms with van der Waals surface area (Å²) in [7, 11) is 3.10. The number of hydrogen-bond acceptors (Lipinski definition) is 11. The SMILES string of the molecule is C#CCNC(=O)COc1cccc([C@@H](CCc2ccc(OC)c(OC)c2)OC(=O)[C@@H]2CCCCN2C(=O)C(=O)C(C)(C)COC(=O)CC2CO2)c1. The van der Waals surface area contributed by atoms with Crippen molar-refractivity contribution in [2.45, 2.75) is 70.6 Å². The molecule has 0 aliphatic carbocycles. The second-order valence-electron chi connectivity index (χ2n) is 13.0. The number of ketones is 1. The molecule has 0 bridgehead atoms. The lowest BCUT2D eigenvalue weighted by Crippen LogP contribution is -2.53. The van der Waals surface area contributed by atoms with Gasteiger partial charge in [-0.2, -0.15) is 0 Å². The van der Waals surface area contributed by atoms with Gasteiger partial charge >= 0.3 is 11.9 Å². The normalized spacial score (nSPS) is 17.3. The van der Waals surface area contributed by atoms with Crippen LogP contribution in [0, 0.1) is 17.8 Å². The summed E-state index contributed by atoms with van der Waals surface area (Å²) in [5.41, 5.74) is 0.192. The van der Waals surface area contributed by atoms with E-state index < -0.39 is 41.2 Å². The first-order valence-corrected chi connectivity index (χ1v) is 16.9. The van der Waals surface area contributed by atoms with Crippen LogP contribution in [0.3, 0.4) is 0 Å². The maximum Gasteiger partial charge on any atom is 0.329 e. The van der Waals surface area contributed by atoms with Gasteiger partial charge in [0.1, 0.15) is 24.5 Å². The van der Waals surface area contributed by atoms with E-state index in [4.69, 9.17) is 34.8 Å². The van der Waals surface area contributed by atoms with Crippen molar-refractivity contribution in [3.63, 3.8) is 0 Å². The highest BCUT2D eigenvalue weighted by Crippen LogP contribution is 2.32. The van der Waals surface area contributed by atoms with Gasteiger partial charge in [0, 0.05) is 6.54 Å². The Bertz CT molecular complexity index is 1610. The molecule has 51 heavy (non-hydrogen) atoms. The number of nitrogens with zero attached hydrogens (tertiary/aromatic N) is 1. The Labute approximate surface area is 298 Å². The van der Waals surface area contributed by atoms with E-state index in [-0.39, 0.29) is 44.7 Å². The Kier molecular flexibility index (Phi) is 13.8. The number of Topliss-reactive ketones (excluding diaryl/α,β-unsaturated/α-hetero) is 1. The molecular formula is C38H46N2O11. The number of nitrogens with one attached hydrogen (secondary N) is 1. The van der Waals surface area contributed by atoms with Gasteiger partial charge in [0.2, 0.25) is 5.78 Å². The van der Waals surface area contributed by atoms with Crippen molar-refractivity contribution in [3.05, 3.63) is 53.6 Å². The number of esters is 2. The number of amides is 2. The third-order valence-electron chi connectivity index (χ3n) is 8.62. The monoisotopic (exact) mass is 706 g/mol. The molecule has 2 fully saturated rings. The number of hydrogen-bond donors (Lipinski definition) is 1. The number of terminal acetylenes is 1. The van der Waals surface area contributed by atoms with Crippen LogP contribution >= 0.6 is 0 Å². The summed E-state index contributed by atoms with van der Waals surface area (Å²) in [6.45, 7) is 3.27. The lowest BCUT2D eigenvalue weighted by atomic mass is 9.87. The highest BCUT2D eigenvalue weighted by atomic mass is 16.6. The molecule has 0 radical (unpaired) electrons. The Morgan fingerprint density at radius 3 is 2.53 bits per heavy atom. The predicted octanol–water partition coefficient (Wildman–Crippen LogP) is 3.36. The lowest BCUT2D eigenvalue weighted by molar-refractivity contribution is -0.165. The van der Waals surface area contributed by atoms with Crippen LogP contribution in [0.1, 0.15) is 63.2 Å². The molecule has 2 aliphatic heterocycles. The largest absolute Gasteiger partial charge is 0.493 e. The van der Waals surface area contributed by atoms with Gasteiger partial charge in [-0.05, 0) is 81.3 Å². The van der Waals surface area contributed by atoms with Crippen molar-refractivity contribution in [2.75, 3.05) is 47.1 Å². The first-order valence-electron chi connectivity index (χ1n) is 16.9. The van der Waals surface area contributed by atoms with Gasteiger partial charge in [0.25, 0.3) is 11.8 Å². The first kappa shape index (κ1) is 38.7. The molecule has 2 heterocycles. The average molecular weight is 707 g/mol. The molecule has 4 rings (SSSR count). The molecule has 3 atom stereocenters. The molecule has 2 aromatic rings. The number of likely N-dealkylation sites (tertiary alicyclic amines) is 1. The van der Waals surface area contributed by atoms with E-state index in [0.717, 1.165) is 5.56 Å². The number of epoxide rings is 1. The minimum absolute atomic E-state index is 0.0733. The van der Waals surface area contributed by atoms with E-state index in [1.807, 2.05) is 12.1 Å². The smallest absolute Gasteiger partial charge is 0.329 e. The van der Waals surface area contributed by atoms with Crippen molar-refractivity contribution < 1.29 is 52.4 Å². The second-order valence-corrected chi connectivity index (χ2v) is 13.0. The van der Waals surface area contributed by atoms with Crippen LogP contribution in [0.2, 0.25) is 0 Å². The minimum atomic E-state index is -1.32. The molecule has 2 aromatic carbocycles. The number of carbonyl (C=O) groups excluding carboxylic acids is 5. The van der Waals surface area contributed by atoms with E-state index in [2.05, 4.69) is 11.2 Å². The summed E-state index contributed by atoms with van der Waals surface area (Å²) < 4.78 is 33.0. The van der Waals surface area contributed by atoms with Crippen LogP contribution in [0.25, 0.3) is 0 Å². The molecule has 13 nitrogen and oxygen atoms in total. The molecule has 1 N–H and O–H groups in total. The maximum absolute atomic E-state index is 13.9. The number of methoxy groups -OCH3 is 2. The molecule has 0 spiro atoms. The van der Waals surface area contributed by atoms with E-state index in [9.17, 15) is 24.0 Å². The fraction of sp³-hybridized carbons (Fsp3) is 0.500. The summed E-state index contributed by atoms with van der Waals surface area (Å²) in [4.78, 5) is 66.5. The fourth-order valence-electron chi connectivity index (χ4n) is 5.60. The van der Waals surface area contributed by atoms with E-state index in [0.29, 0.717) is 61.5 Å². The predicted molar refractivity (Wildman–Crippen MR) is 184 cm³/mol. The quantitative estimate of drug-likeness (QED) is 0.105. The van der Waals surface area contributed by atoms with Crippen molar-refractivity contribution >= 4 is 29.5 Å². The summed E-state index contributed by atoms with van der Waals surface area (Å²) in [6.07, 6.45) is 6.74. The third kappa shape index (κ3) is 11.2. The first-order chi connectivity index (χ1) is 24.4. The molecule has 0 aromatic heterocycles. The van der Waals surface area contributed by atoms with Gasteiger partial charge in [0.15, 0.2) is 18.1 Å². The van der Waals surface area contributed by atoms with Crippen LogP contribution in [0.4, 0.5) is 0 Å². The Morgan fingerprint density at radius 2 is 1.82 bits per heavy atom. The topological polar surface area (TPSA) is 159 Å². The average Bonchev–Trinajstić information content (AvgIpc) is 3.97. The molecule has 0 saturated carbocycles. The van der Waals surface area contributed by atoms with Gasteiger partial charge in [-0.15, -0.1) is 6.42 Å². The number of piperidine rings is 1. The second kappa shape index (κ2) is 18.2. The standard InChI is InChI=1S/C38H46N2O11/c1-6-17-39-33(41)23-49-27-11-9-10-26(20-27)30(15-13-25-14-16-31(46-4)32(19-25)47-5)51-37(45)29-12-7-8-18-40(29)36(44)35(43)38(2,3)24-50-34(42)21-28-22-48-28/h1,9-11,14,16,19-20,28-30H,7-8,12-13,15,17-18,21-24H2,2-5H3,(H,39,41)/t28?,29-,30+/m0/s1. The van der Waals surface area contributed by atoms with Crippen LogP contribution in [-0.4, -0.2) is 93.7 Å². The number of rotatable bonds is 18. The van der Waals surface area contributed by atoms with Gasteiger partial charge < -0.3 is 38.6 Å². The molecule has 1 unspecified atom stereocenters. The van der Waals surface area contributed by atoms with E-state index >= 15 is 0 Å². The number of benzene rings is 2. The van der Waals surface area contributed by atoms with Crippen molar-refractivity contribution in [1.29, 1.82) is 0 Å². The molecule has 13 heteroatoms. The van der Waals surface area contributed by atoms with Crippen molar-refractivity contribution in [1.82, 2.24) is 10.2 Å². The van der Waals surface area contributed by atoms with Gasteiger partial charge in [-0.25, -0.2) is 4.79 Å². The Balaban J connectivity index is 1.51. The number of ether oxygens (including phenoxy) is 6.